The van der Waals surface area contributed by atoms with E-state index in [9.17, 15) is 15.0 Å². The number of hydrogen-bond donors (Lipinski definition) is 1. The van der Waals surface area contributed by atoms with Crippen LogP contribution in [0.3, 0.4) is 0 Å². The van der Waals surface area contributed by atoms with E-state index in [2.05, 4.69) is 19.1 Å². The van der Waals surface area contributed by atoms with Crippen LogP contribution in [0.25, 0.3) is 0 Å². The standard InChI is InChI=1S/C31H37NO6/c1-2-23-9-11-25(12-10-23)22-38-29-20-32(31(34)35)19-28(33)30(29)26-13-15-27(16-14-26)37-18-6-17-36-21-24-7-4-3-5-8-24/h3-5,7-16,28-30,33H,2,6,17-22H2,1H3,(H,34,35)/p-1. The van der Waals surface area contributed by atoms with Gasteiger partial charge < -0.3 is 34.1 Å². The number of β-amino-alcohol motifs (C(OH)–C–C–N with tert-alkyl or cyclic N) is 1. The van der Waals surface area contributed by atoms with Crippen LogP contribution in [-0.2, 0) is 29.1 Å². The highest BCUT2D eigenvalue weighted by molar-refractivity contribution is 5.63. The second-order valence-corrected chi connectivity index (χ2v) is 9.59. The highest BCUT2D eigenvalue weighted by atomic mass is 16.5. The normalized spacial score (nSPS) is 19.3. The Bertz CT molecular complexity index is 1120. The van der Waals surface area contributed by atoms with E-state index in [1.165, 1.54) is 5.56 Å². The average molecular weight is 519 g/mol. The van der Waals surface area contributed by atoms with Crippen LogP contribution in [0.15, 0.2) is 78.9 Å². The summed E-state index contributed by atoms with van der Waals surface area (Å²) in [5.41, 5.74) is 4.26. The van der Waals surface area contributed by atoms with Gasteiger partial charge in [0, 0.05) is 25.4 Å². The Morgan fingerprint density at radius 2 is 1.58 bits per heavy atom. The number of carboxylic acid groups (broad SMARTS) is 1. The van der Waals surface area contributed by atoms with E-state index in [1.54, 1.807) is 0 Å². The first-order valence-electron chi connectivity index (χ1n) is 13.2. The number of piperidine rings is 1. The first-order valence-corrected chi connectivity index (χ1v) is 13.2. The lowest BCUT2D eigenvalue weighted by molar-refractivity contribution is -0.270. The van der Waals surface area contributed by atoms with Crippen LogP contribution in [-0.4, -0.2) is 54.6 Å². The summed E-state index contributed by atoms with van der Waals surface area (Å²) < 4.78 is 17.7. The number of aryl methyl sites for hydroxylation is 1. The molecular formula is C31H36NO6-. The van der Waals surface area contributed by atoms with Crippen LogP contribution >= 0.6 is 0 Å². The van der Waals surface area contributed by atoms with E-state index < -0.39 is 18.3 Å². The monoisotopic (exact) mass is 518 g/mol. The van der Waals surface area contributed by atoms with Crippen molar-refractivity contribution in [3.63, 3.8) is 0 Å². The number of rotatable bonds is 12. The zero-order valence-electron chi connectivity index (χ0n) is 21.8. The van der Waals surface area contributed by atoms with Gasteiger partial charge in [-0.05, 0) is 40.8 Å². The van der Waals surface area contributed by atoms with Crippen molar-refractivity contribution in [3.8, 4) is 5.75 Å². The number of ether oxygens (including phenoxy) is 3. The van der Waals surface area contributed by atoms with Crippen molar-refractivity contribution in [1.82, 2.24) is 4.90 Å². The molecule has 0 spiro atoms. The quantitative estimate of drug-likeness (QED) is 0.366. The number of aliphatic hydroxyl groups is 1. The van der Waals surface area contributed by atoms with E-state index in [0.717, 1.165) is 40.2 Å². The van der Waals surface area contributed by atoms with Crippen molar-refractivity contribution in [2.24, 2.45) is 0 Å². The van der Waals surface area contributed by atoms with E-state index in [1.807, 2.05) is 66.7 Å². The largest absolute Gasteiger partial charge is 0.530 e. The van der Waals surface area contributed by atoms with E-state index in [-0.39, 0.29) is 19.0 Å². The molecule has 1 N–H and O–H groups in total. The van der Waals surface area contributed by atoms with Crippen LogP contribution in [0.5, 0.6) is 5.75 Å². The molecule has 3 aromatic rings. The van der Waals surface area contributed by atoms with Gasteiger partial charge in [-0.1, -0.05) is 73.7 Å². The number of hydrogen-bond acceptors (Lipinski definition) is 6. The van der Waals surface area contributed by atoms with Crippen molar-refractivity contribution in [2.75, 3.05) is 26.3 Å². The molecule has 3 atom stereocenters. The van der Waals surface area contributed by atoms with Gasteiger partial charge in [-0.3, -0.25) is 0 Å². The number of benzene rings is 3. The molecule has 1 heterocycles. The van der Waals surface area contributed by atoms with Gasteiger partial charge >= 0.3 is 0 Å². The minimum absolute atomic E-state index is 0.0146. The molecule has 1 fully saturated rings. The lowest BCUT2D eigenvalue weighted by Gasteiger charge is -2.43. The molecule has 1 saturated heterocycles. The predicted molar refractivity (Wildman–Crippen MR) is 143 cm³/mol. The number of nitrogens with zero attached hydrogens (tertiary/aromatic N) is 1. The molecule has 38 heavy (non-hydrogen) atoms. The van der Waals surface area contributed by atoms with E-state index >= 15 is 0 Å². The third-order valence-electron chi connectivity index (χ3n) is 6.85. The van der Waals surface area contributed by atoms with Crippen molar-refractivity contribution in [2.45, 2.75) is 51.1 Å². The Morgan fingerprint density at radius 1 is 0.895 bits per heavy atom. The Balaban J connectivity index is 1.31. The number of carbonyl (C=O) groups is 1. The first-order chi connectivity index (χ1) is 18.5. The van der Waals surface area contributed by atoms with Gasteiger partial charge in [-0.25, -0.2) is 0 Å². The minimum Gasteiger partial charge on any atom is -0.530 e. The molecule has 3 aromatic carbocycles. The molecule has 3 unspecified atom stereocenters. The molecule has 7 nitrogen and oxygen atoms in total. The molecule has 1 aliphatic heterocycles. The minimum atomic E-state index is -1.31. The summed E-state index contributed by atoms with van der Waals surface area (Å²) in [4.78, 5) is 12.7. The zero-order chi connectivity index (χ0) is 26.7. The summed E-state index contributed by atoms with van der Waals surface area (Å²) in [5.74, 6) is 0.355. The molecule has 0 aromatic heterocycles. The lowest BCUT2D eigenvalue weighted by Crippen LogP contribution is -2.56. The second kappa shape index (κ2) is 14.0. The van der Waals surface area contributed by atoms with Gasteiger partial charge in [0.25, 0.3) is 0 Å². The van der Waals surface area contributed by atoms with Gasteiger partial charge in [0.15, 0.2) is 0 Å². The number of likely N-dealkylation sites (tertiary alicyclic amines) is 1. The molecule has 1 amide bonds. The van der Waals surface area contributed by atoms with Gasteiger partial charge in [-0.15, -0.1) is 0 Å². The van der Waals surface area contributed by atoms with Crippen molar-refractivity contribution in [3.05, 3.63) is 101 Å². The fourth-order valence-corrected chi connectivity index (χ4v) is 4.71. The van der Waals surface area contributed by atoms with Crippen LogP contribution in [0.2, 0.25) is 0 Å². The van der Waals surface area contributed by atoms with Crippen LogP contribution in [0, 0.1) is 0 Å². The topological polar surface area (TPSA) is 91.3 Å². The molecule has 0 bridgehead atoms. The predicted octanol–water partition coefficient (Wildman–Crippen LogP) is 3.92. The number of carbonyl (C=O) groups excluding carboxylic acids is 1. The zero-order valence-corrected chi connectivity index (χ0v) is 21.8. The fraction of sp³-hybridized carbons (Fsp3) is 0.387. The fourth-order valence-electron chi connectivity index (χ4n) is 4.71. The third-order valence-corrected chi connectivity index (χ3v) is 6.85. The maximum absolute atomic E-state index is 11.5. The van der Waals surface area contributed by atoms with Gasteiger partial charge in [0.2, 0.25) is 0 Å². The second-order valence-electron chi connectivity index (χ2n) is 9.59. The van der Waals surface area contributed by atoms with Crippen LogP contribution in [0.1, 0.15) is 41.5 Å². The van der Waals surface area contributed by atoms with Crippen LogP contribution in [0.4, 0.5) is 4.79 Å². The van der Waals surface area contributed by atoms with Gasteiger partial charge in [0.1, 0.15) is 11.8 Å². The SMILES string of the molecule is CCc1ccc(COC2CN(C(=O)[O-])CC(O)C2c2ccc(OCCCOCc3ccccc3)cc2)cc1. The summed E-state index contributed by atoms with van der Waals surface area (Å²) in [5, 5.41) is 22.4. The van der Waals surface area contributed by atoms with Gasteiger partial charge in [-0.2, -0.15) is 0 Å². The van der Waals surface area contributed by atoms with Crippen molar-refractivity contribution in [1.29, 1.82) is 0 Å². The molecule has 0 radical (unpaired) electrons. The van der Waals surface area contributed by atoms with Gasteiger partial charge in [0.05, 0.1) is 38.6 Å². The number of amides is 1. The van der Waals surface area contributed by atoms with Crippen molar-refractivity contribution >= 4 is 6.09 Å². The highest BCUT2D eigenvalue weighted by Gasteiger charge is 2.38. The molecule has 0 saturated carbocycles. The Kier molecular flexibility index (Phi) is 10.1. The maximum atomic E-state index is 11.5. The maximum Gasteiger partial charge on any atom is 0.137 e. The number of aliphatic hydroxyl groups excluding tert-OH is 1. The summed E-state index contributed by atoms with van der Waals surface area (Å²) in [6.07, 6.45) is -1.01. The summed E-state index contributed by atoms with van der Waals surface area (Å²) in [6.45, 7) is 4.28. The Hall–Kier alpha value is -3.39. The molecular weight excluding hydrogens is 482 g/mol. The van der Waals surface area contributed by atoms with Crippen LogP contribution < -0.4 is 9.84 Å². The van der Waals surface area contributed by atoms with E-state index in [0.29, 0.717) is 26.4 Å². The lowest BCUT2D eigenvalue weighted by atomic mass is 9.84. The summed E-state index contributed by atoms with van der Waals surface area (Å²) in [6, 6.07) is 25.8. The molecule has 4 rings (SSSR count). The highest BCUT2D eigenvalue weighted by Crippen LogP contribution is 2.32. The van der Waals surface area contributed by atoms with Crippen molar-refractivity contribution < 1.29 is 29.2 Å². The summed E-state index contributed by atoms with van der Waals surface area (Å²) in [7, 11) is 0. The smallest absolute Gasteiger partial charge is 0.137 e. The Morgan fingerprint density at radius 3 is 2.26 bits per heavy atom. The Labute approximate surface area is 224 Å². The molecule has 0 aliphatic carbocycles. The average Bonchev–Trinajstić information content (AvgIpc) is 2.94. The molecule has 7 heteroatoms. The molecule has 1 aliphatic rings. The first kappa shape index (κ1) is 27.6. The molecule has 202 valence electrons. The van der Waals surface area contributed by atoms with E-state index in [4.69, 9.17) is 14.2 Å². The third kappa shape index (κ3) is 7.81. The summed E-state index contributed by atoms with van der Waals surface area (Å²) >= 11 is 0.